The van der Waals surface area contributed by atoms with Crippen molar-refractivity contribution >= 4 is 0 Å². The summed E-state index contributed by atoms with van der Waals surface area (Å²) in [5.41, 5.74) is 2.97. The van der Waals surface area contributed by atoms with Gasteiger partial charge in [-0.25, -0.2) is 0 Å². The molecule has 3 N–H and O–H groups in total. The first-order valence-corrected chi connectivity index (χ1v) is 8.49. The molecular weight excluding hydrogens is 268 g/mol. The molecule has 0 aromatic heterocycles. The Bertz CT molecular complexity index is 333. The first kappa shape index (κ1) is 15.7. The van der Waals surface area contributed by atoms with E-state index in [-0.39, 0.29) is 17.2 Å². The van der Waals surface area contributed by atoms with Crippen molar-refractivity contribution in [3.8, 4) is 0 Å². The third-order valence-corrected chi connectivity index (χ3v) is 5.74. The fourth-order valence-corrected chi connectivity index (χ4v) is 4.45. The lowest BCUT2D eigenvalue weighted by Gasteiger charge is -2.49. The molecule has 0 amide bonds. The van der Waals surface area contributed by atoms with Crippen LogP contribution in [-0.4, -0.2) is 43.7 Å². The Morgan fingerprint density at radius 1 is 1.05 bits per heavy atom. The number of hydrogen-bond acceptors (Lipinski definition) is 5. The first-order chi connectivity index (χ1) is 10.2. The molecule has 5 nitrogen and oxygen atoms in total. The van der Waals surface area contributed by atoms with Crippen LogP contribution in [0.1, 0.15) is 51.9 Å². The lowest BCUT2D eigenvalue weighted by molar-refractivity contribution is -0.167. The molecule has 0 radical (unpaired) electrons. The summed E-state index contributed by atoms with van der Waals surface area (Å²) in [5.74, 6) is 6.46. The standard InChI is InChI=1S/C16H30N2O3/c1-15(5-2-3-8-20-15)14(18-17)13-4-9-21-16(12-13)6-10-19-11-7-16/h13-14,18H,2-12,17H2,1H3. The zero-order valence-corrected chi connectivity index (χ0v) is 13.2. The predicted octanol–water partition coefficient (Wildman–Crippen LogP) is 1.75. The smallest absolute Gasteiger partial charge is 0.0822 e. The Morgan fingerprint density at radius 2 is 1.86 bits per heavy atom. The van der Waals surface area contributed by atoms with E-state index in [1.807, 2.05) is 0 Å². The summed E-state index contributed by atoms with van der Waals surface area (Å²) in [6.07, 6.45) is 7.66. The maximum Gasteiger partial charge on any atom is 0.0822 e. The maximum atomic E-state index is 6.16. The first-order valence-electron chi connectivity index (χ1n) is 8.49. The van der Waals surface area contributed by atoms with Crippen molar-refractivity contribution in [1.82, 2.24) is 5.43 Å². The van der Waals surface area contributed by atoms with E-state index in [2.05, 4.69) is 12.3 Å². The van der Waals surface area contributed by atoms with Gasteiger partial charge in [0.05, 0.1) is 17.2 Å². The van der Waals surface area contributed by atoms with Gasteiger partial charge in [0, 0.05) is 26.4 Å². The summed E-state index contributed by atoms with van der Waals surface area (Å²) >= 11 is 0. The van der Waals surface area contributed by atoms with Gasteiger partial charge in [0.25, 0.3) is 0 Å². The average Bonchev–Trinajstić information content (AvgIpc) is 2.49. The van der Waals surface area contributed by atoms with Crippen LogP contribution in [0.3, 0.4) is 0 Å². The lowest BCUT2D eigenvalue weighted by atomic mass is 9.72. The summed E-state index contributed by atoms with van der Waals surface area (Å²) in [6.45, 7) is 5.56. The van der Waals surface area contributed by atoms with E-state index in [1.54, 1.807) is 0 Å². The molecule has 5 heteroatoms. The molecule has 1 spiro atoms. The van der Waals surface area contributed by atoms with Gasteiger partial charge in [0.1, 0.15) is 0 Å². The Labute approximate surface area is 127 Å². The van der Waals surface area contributed by atoms with Crippen LogP contribution in [0.5, 0.6) is 0 Å². The topological polar surface area (TPSA) is 65.7 Å². The van der Waals surface area contributed by atoms with E-state index in [0.29, 0.717) is 5.92 Å². The van der Waals surface area contributed by atoms with Gasteiger partial charge in [0.2, 0.25) is 0 Å². The van der Waals surface area contributed by atoms with Gasteiger partial charge in [-0.05, 0) is 57.8 Å². The van der Waals surface area contributed by atoms with Gasteiger partial charge in [-0.3, -0.25) is 11.3 Å². The van der Waals surface area contributed by atoms with Crippen molar-refractivity contribution in [2.75, 3.05) is 26.4 Å². The molecule has 3 atom stereocenters. The average molecular weight is 298 g/mol. The van der Waals surface area contributed by atoms with Crippen molar-refractivity contribution in [3.63, 3.8) is 0 Å². The fourth-order valence-electron chi connectivity index (χ4n) is 4.45. The number of hydrogen-bond donors (Lipinski definition) is 2. The van der Waals surface area contributed by atoms with E-state index in [9.17, 15) is 0 Å². The Hall–Kier alpha value is -0.200. The number of ether oxygens (including phenoxy) is 3. The van der Waals surface area contributed by atoms with Crippen LogP contribution in [0.25, 0.3) is 0 Å². The largest absolute Gasteiger partial charge is 0.381 e. The maximum absolute atomic E-state index is 6.16. The highest BCUT2D eigenvalue weighted by atomic mass is 16.5. The summed E-state index contributed by atoms with van der Waals surface area (Å²) in [6, 6.07) is 0.210. The summed E-state index contributed by atoms with van der Waals surface area (Å²) < 4.78 is 17.8. The van der Waals surface area contributed by atoms with Crippen molar-refractivity contribution < 1.29 is 14.2 Å². The zero-order chi connectivity index (χ0) is 14.8. The number of rotatable bonds is 3. The second-order valence-corrected chi connectivity index (χ2v) is 7.16. The number of hydrazine groups is 1. The summed E-state index contributed by atoms with van der Waals surface area (Å²) in [4.78, 5) is 0. The molecule has 3 fully saturated rings. The van der Waals surface area contributed by atoms with Crippen molar-refractivity contribution in [3.05, 3.63) is 0 Å². The number of nitrogens with one attached hydrogen (secondary N) is 1. The van der Waals surface area contributed by atoms with Crippen LogP contribution in [0.2, 0.25) is 0 Å². The second kappa shape index (κ2) is 6.50. The summed E-state index contributed by atoms with van der Waals surface area (Å²) in [7, 11) is 0. The van der Waals surface area contributed by atoms with E-state index in [0.717, 1.165) is 58.5 Å². The van der Waals surface area contributed by atoms with Crippen molar-refractivity contribution in [1.29, 1.82) is 0 Å². The molecular formula is C16H30N2O3. The minimum atomic E-state index is -0.138. The summed E-state index contributed by atoms with van der Waals surface area (Å²) in [5, 5.41) is 0. The highest BCUT2D eigenvalue weighted by molar-refractivity contribution is 4.99. The van der Waals surface area contributed by atoms with Crippen LogP contribution in [0.4, 0.5) is 0 Å². The second-order valence-electron chi connectivity index (χ2n) is 7.16. The van der Waals surface area contributed by atoms with Gasteiger partial charge < -0.3 is 14.2 Å². The van der Waals surface area contributed by atoms with Crippen LogP contribution in [-0.2, 0) is 14.2 Å². The molecule has 0 aliphatic carbocycles. The Kier molecular flexibility index (Phi) is 4.86. The molecule has 0 aromatic rings. The molecule has 122 valence electrons. The van der Waals surface area contributed by atoms with E-state index in [1.165, 1.54) is 12.8 Å². The molecule has 3 heterocycles. The third kappa shape index (κ3) is 3.27. The van der Waals surface area contributed by atoms with E-state index in [4.69, 9.17) is 20.1 Å². The van der Waals surface area contributed by atoms with Crippen molar-refractivity contribution in [2.45, 2.75) is 69.1 Å². The van der Waals surface area contributed by atoms with E-state index >= 15 is 0 Å². The van der Waals surface area contributed by atoms with Crippen LogP contribution in [0.15, 0.2) is 0 Å². The lowest BCUT2D eigenvalue weighted by Crippen LogP contribution is -2.60. The monoisotopic (exact) mass is 298 g/mol. The zero-order valence-electron chi connectivity index (χ0n) is 13.2. The molecule has 0 saturated carbocycles. The van der Waals surface area contributed by atoms with Crippen LogP contribution < -0.4 is 11.3 Å². The molecule has 0 aromatic carbocycles. The molecule has 3 rings (SSSR count). The molecule has 3 saturated heterocycles. The van der Waals surface area contributed by atoms with Gasteiger partial charge in [-0.1, -0.05) is 0 Å². The minimum Gasteiger partial charge on any atom is -0.381 e. The number of nitrogens with two attached hydrogens (primary N) is 1. The Balaban J connectivity index is 1.71. The van der Waals surface area contributed by atoms with Crippen LogP contribution in [0, 0.1) is 5.92 Å². The minimum absolute atomic E-state index is 0.0152. The molecule has 3 aliphatic rings. The van der Waals surface area contributed by atoms with E-state index < -0.39 is 0 Å². The highest BCUT2D eigenvalue weighted by Gasteiger charge is 2.47. The Morgan fingerprint density at radius 3 is 2.52 bits per heavy atom. The molecule has 3 unspecified atom stereocenters. The normalized spacial score (nSPS) is 38.3. The van der Waals surface area contributed by atoms with Gasteiger partial charge in [-0.2, -0.15) is 0 Å². The predicted molar refractivity (Wildman–Crippen MR) is 80.8 cm³/mol. The van der Waals surface area contributed by atoms with Crippen molar-refractivity contribution in [2.24, 2.45) is 11.8 Å². The highest BCUT2D eigenvalue weighted by Crippen LogP contribution is 2.42. The van der Waals surface area contributed by atoms with Gasteiger partial charge in [-0.15, -0.1) is 0 Å². The SMILES string of the molecule is CC1(C(NN)C2CCOC3(CCOCC3)C2)CCCCO1. The van der Waals surface area contributed by atoms with Gasteiger partial charge >= 0.3 is 0 Å². The fraction of sp³-hybridized carbons (Fsp3) is 1.00. The molecule has 0 bridgehead atoms. The molecule has 21 heavy (non-hydrogen) atoms. The van der Waals surface area contributed by atoms with Gasteiger partial charge in [0.15, 0.2) is 0 Å². The quantitative estimate of drug-likeness (QED) is 0.614. The third-order valence-electron chi connectivity index (χ3n) is 5.74. The molecule has 3 aliphatic heterocycles. The van der Waals surface area contributed by atoms with Crippen LogP contribution >= 0.6 is 0 Å².